The summed E-state index contributed by atoms with van der Waals surface area (Å²) in [5, 5.41) is 0. The van der Waals surface area contributed by atoms with Crippen LogP contribution in [0, 0.1) is 5.92 Å². The maximum Gasteiger partial charge on any atom is 0.125 e. The molecule has 0 aromatic rings. The van der Waals surface area contributed by atoms with Gasteiger partial charge in [-0.25, -0.2) is 0 Å². The largest absolute Gasteiger partial charge is 0.372 e. The minimum absolute atomic E-state index is 0.0568. The molecule has 0 saturated heterocycles. The highest BCUT2D eigenvalue weighted by Gasteiger charge is 2.22. The number of hydrogen-bond acceptors (Lipinski definition) is 2. The van der Waals surface area contributed by atoms with Gasteiger partial charge in [0.1, 0.15) is 6.29 Å². The molecule has 0 saturated carbocycles. The van der Waals surface area contributed by atoms with E-state index in [0.29, 0.717) is 0 Å². The summed E-state index contributed by atoms with van der Waals surface area (Å²) >= 11 is 0. The Morgan fingerprint density at radius 2 is 2.00 bits per heavy atom. The average molecular weight is 210 g/mol. The summed E-state index contributed by atoms with van der Waals surface area (Å²) in [6.07, 6.45) is 7.19. The predicted molar refractivity (Wildman–Crippen MR) is 63.8 cm³/mol. The predicted octanol–water partition coefficient (Wildman–Crippen LogP) is 3.14. The molecule has 0 aliphatic carbocycles. The summed E-state index contributed by atoms with van der Waals surface area (Å²) in [6.45, 7) is 11.5. The topological polar surface area (TPSA) is 26.3 Å². The third-order valence-corrected chi connectivity index (χ3v) is 1.95. The normalized spacial score (nSPS) is 16.3. The van der Waals surface area contributed by atoms with Crippen molar-refractivity contribution in [2.45, 2.75) is 45.8 Å². The third-order valence-electron chi connectivity index (χ3n) is 1.95. The second-order valence-corrected chi connectivity index (χ2v) is 4.66. The van der Waals surface area contributed by atoms with Crippen LogP contribution in [0.4, 0.5) is 0 Å². The van der Waals surface area contributed by atoms with Crippen LogP contribution in [0.3, 0.4) is 0 Å². The number of hydrogen-bond donors (Lipinski definition) is 0. The van der Waals surface area contributed by atoms with Crippen LogP contribution in [-0.2, 0) is 9.53 Å². The Balaban J connectivity index is 4.37. The van der Waals surface area contributed by atoms with E-state index >= 15 is 0 Å². The first-order valence-corrected chi connectivity index (χ1v) is 5.31. The summed E-state index contributed by atoms with van der Waals surface area (Å²) in [6, 6.07) is 0. The zero-order valence-corrected chi connectivity index (χ0v) is 10.2. The van der Waals surface area contributed by atoms with Crippen molar-refractivity contribution in [2.24, 2.45) is 5.92 Å². The monoisotopic (exact) mass is 210 g/mol. The molecule has 0 aliphatic heterocycles. The van der Waals surface area contributed by atoms with Crippen LogP contribution in [0.1, 0.15) is 34.1 Å². The van der Waals surface area contributed by atoms with Crippen LogP contribution in [0.15, 0.2) is 24.8 Å². The van der Waals surface area contributed by atoms with Gasteiger partial charge in [-0.15, -0.1) is 0 Å². The second-order valence-electron chi connectivity index (χ2n) is 4.66. The van der Waals surface area contributed by atoms with Gasteiger partial charge in [-0.3, -0.25) is 0 Å². The minimum atomic E-state index is -0.218. The Bertz CT molecular complexity index is 223. The lowest BCUT2D eigenvalue weighted by Crippen LogP contribution is -2.32. The van der Waals surface area contributed by atoms with Crippen LogP contribution in [0.25, 0.3) is 0 Å². The molecule has 15 heavy (non-hydrogen) atoms. The lowest BCUT2D eigenvalue weighted by molar-refractivity contribution is -0.122. The Morgan fingerprint density at radius 1 is 1.40 bits per heavy atom. The highest BCUT2D eigenvalue weighted by molar-refractivity contribution is 5.53. The molecule has 0 aromatic heterocycles. The SMILES string of the molecule is C=C/C=C/CC(OC(C)(C)C)[C@H](C)C=O. The van der Waals surface area contributed by atoms with E-state index in [2.05, 4.69) is 6.58 Å². The Morgan fingerprint density at radius 3 is 2.40 bits per heavy atom. The van der Waals surface area contributed by atoms with Crippen molar-refractivity contribution < 1.29 is 9.53 Å². The highest BCUT2D eigenvalue weighted by atomic mass is 16.5. The summed E-state index contributed by atoms with van der Waals surface area (Å²) < 4.78 is 5.82. The van der Waals surface area contributed by atoms with Gasteiger partial charge in [-0.1, -0.05) is 31.7 Å². The highest BCUT2D eigenvalue weighted by Crippen LogP contribution is 2.18. The molecule has 0 N–H and O–H groups in total. The minimum Gasteiger partial charge on any atom is -0.372 e. The number of rotatable bonds is 6. The Labute approximate surface area is 93.0 Å². The van der Waals surface area contributed by atoms with Crippen molar-refractivity contribution in [3.8, 4) is 0 Å². The summed E-state index contributed by atoms with van der Waals surface area (Å²) in [7, 11) is 0. The van der Waals surface area contributed by atoms with Crippen molar-refractivity contribution >= 4 is 6.29 Å². The molecular weight excluding hydrogens is 188 g/mol. The molecule has 0 aliphatic rings. The summed E-state index contributed by atoms with van der Waals surface area (Å²) in [5.74, 6) is -0.0845. The standard InChI is InChI=1S/C13H22O2/c1-6-7-8-9-12(11(2)10-14)15-13(3,4)5/h6-8,10-12H,1,9H2,2-5H3/b8-7+/t11-,12?/m1/s1. The molecule has 0 amide bonds. The van der Waals surface area contributed by atoms with Crippen LogP contribution >= 0.6 is 0 Å². The molecule has 2 heteroatoms. The second kappa shape index (κ2) is 6.57. The van der Waals surface area contributed by atoms with Gasteiger partial charge in [0.25, 0.3) is 0 Å². The van der Waals surface area contributed by atoms with Crippen LogP contribution in [-0.4, -0.2) is 18.0 Å². The maximum absolute atomic E-state index is 10.7. The number of ether oxygens (including phenoxy) is 1. The van der Waals surface area contributed by atoms with E-state index in [0.717, 1.165) is 12.7 Å². The lowest BCUT2D eigenvalue weighted by atomic mass is 10.0. The molecule has 2 nitrogen and oxygen atoms in total. The van der Waals surface area contributed by atoms with E-state index < -0.39 is 0 Å². The zero-order valence-electron chi connectivity index (χ0n) is 10.2. The fourth-order valence-electron chi connectivity index (χ4n) is 1.22. The van der Waals surface area contributed by atoms with E-state index in [1.807, 2.05) is 39.8 Å². The first-order chi connectivity index (χ1) is 6.90. The molecule has 0 heterocycles. The summed E-state index contributed by atoms with van der Waals surface area (Å²) in [4.78, 5) is 10.7. The molecule has 0 aromatic carbocycles. The fourth-order valence-corrected chi connectivity index (χ4v) is 1.22. The van der Waals surface area contributed by atoms with Gasteiger partial charge in [0.15, 0.2) is 0 Å². The molecular formula is C13H22O2. The van der Waals surface area contributed by atoms with Gasteiger partial charge in [-0.05, 0) is 27.2 Å². The molecule has 0 fully saturated rings. The van der Waals surface area contributed by atoms with Crippen LogP contribution < -0.4 is 0 Å². The Kier molecular flexibility index (Phi) is 6.18. The number of carbonyl (C=O) groups excluding carboxylic acids is 1. The first kappa shape index (κ1) is 14.1. The molecule has 0 bridgehead atoms. The van der Waals surface area contributed by atoms with E-state index in [4.69, 9.17) is 4.74 Å². The third kappa shape index (κ3) is 7.09. The van der Waals surface area contributed by atoms with Crippen molar-refractivity contribution in [1.82, 2.24) is 0 Å². The lowest BCUT2D eigenvalue weighted by Gasteiger charge is -2.28. The first-order valence-electron chi connectivity index (χ1n) is 5.31. The van der Waals surface area contributed by atoms with E-state index in [1.165, 1.54) is 0 Å². The van der Waals surface area contributed by atoms with Gasteiger partial charge < -0.3 is 9.53 Å². The Hall–Kier alpha value is -0.890. The van der Waals surface area contributed by atoms with Gasteiger partial charge in [-0.2, -0.15) is 0 Å². The number of carbonyl (C=O) groups is 1. The van der Waals surface area contributed by atoms with E-state index in [9.17, 15) is 4.79 Å². The molecule has 0 radical (unpaired) electrons. The summed E-state index contributed by atoms with van der Waals surface area (Å²) in [5.41, 5.74) is -0.218. The quantitative estimate of drug-likeness (QED) is 0.497. The van der Waals surface area contributed by atoms with Gasteiger partial charge >= 0.3 is 0 Å². The van der Waals surface area contributed by atoms with Crippen molar-refractivity contribution in [3.63, 3.8) is 0 Å². The number of aldehydes is 1. The van der Waals surface area contributed by atoms with Crippen molar-refractivity contribution in [3.05, 3.63) is 24.8 Å². The van der Waals surface area contributed by atoms with Crippen LogP contribution in [0.5, 0.6) is 0 Å². The van der Waals surface area contributed by atoms with Crippen molar-refractivity contribution in [1.29, 1.82) is 0 Å². The molecule has 1 unspecified atom stereocenters. The van der Waals surface area contributed by atoms with Gasteiger partial charge in [0.05, 0.1) is 11.7 Å². The van der Waals surface area contributed by atoms with E-state index in [-0.39, 0.29) is 17.6 Å². The number of allylic oxidation sites excluding steroid dienone is 2. The molecule has 0 rings (SSSR count). The molecule has 86 valence electrons. The van der Waals surface area contributed by atoms with Crippen LogP contribution in [0.2, 0.25) is 0 Å². The van der Waals surface area contributed by atoms with E-state index in [1.54, 1.807) is 6.08 Å². The van der Waals surface area contributed by atoms with Gasteiger partial charge in [0, 0.05) is 5.92 Å². The maximum atomic E-state index is 10.7. The smallest absolute Gasteiger partial charge is 0.125 e. The average Bonchev–Trinajstić information content (AvgIpc) is 2.13. The molecule has 2 atom stereocenters. The zero-order chi connectivity index (χ0) is 11.9. The van der Waals surface area contributed by atoms with Gasteiger partial charge in [0.2, 0.25) is 0 Å². The van der Waals surface area contributed by atoms with Crippen molar-refractivity contribution in [2.75, 3.05) is 0 Å². The fraction of sp³-hybridized carbons (Fsp3) is 0.615. The molecule has 0 spiro atoms.